The predicted octanol–water partition coefficient (Wildman–Crippen LogP) is 1.19. The third kappa shape index (κ3) is 222. The van der Waals surface area contributed by atoms with Crippen LogP contribution in [0.2, 0.25) is 0 Å². The molecule has 1 nitrogen and oxygen atoms in total. The quantitative estimate of drug-likeness (QED) is 0.478. The zero-order valence-electron chi connectivity index (χ0n) is 2.70. The van der Waals surface area contributed by atoms with Gasteiger partial charge < -0.3 is 6.15 Å². The molecule has 0 aromatic carbocycles. The van der Waals surface area contributed by atoms with E-state index in [1.165, 1.54) is 0 Å². The van der Waals surface area contributed by atoms with Crippen LogP contribution in [0, 0.1) is 0 Å². The SMILES string of the molecule is F.N.[F][Sb]([F])[F]. The molecule has 0 bridgehead atoms. The summed E-state index contributed by atoms with van der Waals surface area (Å²) in [5.41, 5.74) is 0. The van der Waals surface area contributed by atoms with Crippen molar-refractivity contribution in [3.63, 3.8) is 0 Å². The van der Waals surface area contributed by atoms with Gasteiger partial charge in [0.1, 0.15) is 0 Å². The van der Waals surface area contributed by atoms with Crippen LogP contribution in [0.3, 0.4) is 0 Å². The van der Waals surface area contributed by atoms with Gasteiger partial charge in [0, 0.05) is 0 Å². The molecule has 6 heteroatoms. The van der Waals surface area contributed by atoms with Gasteiger partial charge in [-0.3, -0.25) is 4.70 Å². The van der Waals surface area contributed by atoms with Crippen molar-refractivity contribution in [2.75, 3.05) is 0 Å². The molecule has 0 aromatic heterocycles. The molecule has 0 spiro atoms. The number of halogens is 4. The molecule has 0 radical (unpaired) electrons. The molecule has 0 atom stereocenters. The topological polar surface area (TPSA) is 35.0 Å². The van der Waals surface area contributed by atoms with Gasteiger partial charge in [-0.25, -0.2) is 0 Å². The third-order valence-electron chi connectivity index (χ3n) is 0. The minimum atomic E-state index is -4.95. The van der Waals surface area contributed by atoms with Crippen LogP contribution in [0.25, 0.3) is 0 Å². The van der Waals surface area contributed by atoms with E-state index in [0.29, 0.717) is 0 Å². The first-order valence-corrected chi connectivity index (χ1v) is 3.40. The molecule has 0 rings (SSSR count). The Bertz CT molecular complexity index is 12.3. The predicted molar refractivity (Wildman–Crippen MR) is 16.6 cm³/mol. The Morgan fingerprint density at radius 2 is 1.00 bits per heavy atom. The molecular weight excluding hydrogens is 212 g/mol. The summed E-state index contributed by atoms with van der Waals surface area (Å²) in [6, 6.07) is 0. The summed E-state index contributed by atoms with van der Waals surface area (Å²) < 4.78 is 29.6. The van der Waals surface area contributed by atoms with Gasteiger partial charge in [0.15, 0.2) is 0 Å². The Morgan fingerprint density at radius 1 is 1.00 bits per heavy atom. The minimum absolute atomic E-state index is 0. The summed E-state index contributed by atoms with van der Waals surface area (Å²) in [5.74, 6) is 0. The van der Waals surface area contributed by atoms with Gasteiger partial charge in [0.2, 0.25) is 0 Å². The Morgan fingerprint density at radius 3 is 1.00 bits per heavy atom. The summed E-state index contributed by atoms with van der Waals surface area (Å²) in [6.07, 6.45) is 0. The van der Waals surface area contributed by atoms with E-state index in [-0.39, 0.29) is 10.9 Å². The van der Waals surface area contributed by atoms with E-state index in [4.69, 9.17) is 0 Å². The second-order valence-electron chi connectivity index (χ2n) is 0.192. The van der Waals surface area contributed by atoms with Gasteiger partial charge >= 0.3 is 30.4 Å². The molecule has 3 N–H and O–H groups in total. The van der Waals surface area contributed by atoms with Crippen molar-refractivity contribution in [1.29, 1.82) is 0 Å². The van der Waals surface area contributed by atoms with Crippen molar-refractivity contribution < 1.29 is 13.1 Å². The fraction of sp³-hybridized carbons (Fsp3) is 0. The van der Waals surface area contributed by atoms with Crippen LogP contribution >= 0.6 is 0 Å². The number of hydrogen-bond acceptors (Lipinski definition) is 1. The first kappa shape index (κ1) is 16.1. The van der Waals surface area contributed by atoms with Crippen molar-refractivity contribution in [2.45, 2.75) is 0 Å². The fourth-order valence-electron chi connectivity index (χ4n) is 0. The van der Waals surface area contributed by atoms with E-state index < -0.39 is 22.0 Å². The molecule has 0 aliphatic heterocycles. The summed E-state index contributed by atoms with van der Waals surface area (Å²) >= 11 is -4.95. The van der Waals surface area contributed by atoms with Crippen LogP contribution in [-0.4, -0.2) is 22.0 Å². The van der Waals surface area contributed by atoms with E-state index in [9.17, 15) is 8.44 Å². The van der Waals surface area contributed by atoms with Crippen molar-refractivity contribution in [3.8, 4) is 0 Å². The van der Waals surface area contributed by atoms with Gasteiger partial charge in [-0.1, -0.05) is 0 Å². The second-order valence-corrected chi connectivity index (χ2v) is 1.29. The van der Waals surface area contributed by atoms with Crippen molar-refractivity contribution in [2.24, 2.45) is 0 Å². The van der Waals surface area contributed by atoms with E-state index in [1.807, 2.05) is 0 Å². The maximum atomic E-state index is 9.85. The molecule has 0 aromatic rings. The monoisotopic (exact) mass is 215 g/mol. The molecule has 6 heavy (non-hydrogen) atoms. The van der Waals surface area contributed by atoms with Crippen molar-refractivity contribution in [1.82, 2.24) is 6.15 Å². The van der Waals surface area contributed by atoms with Gasteiger partial charge in [0.05, 0.1) is 0 Å². The molecule has 0 unspecified atom stereocenters. The number of hydrogen-bond donors (Lipinski definition) is 1. The Hall–Kier alpha value is 0.498. The van der Waals surface area contributed by atoms with E-state index in [0.717, 1.165) is 0 Å². The summed E-state index contributed by atoms with van der Waals surface area (Å²) in [4.78, 5) is 0. The van der Waals surface area contributed by atoms with Crippen LogP contribution in [-0.2, 0) is 0 Å². The first-order valence-electron chi connectivity index (χ1n) is 0.507. The van der Waals surface area contributed by atoms with Crippen LogP contribution in [0.1, 0.15) is 0 Å². The van der Waals surface area contributed by atoms with Crippen LogP contribution in [0.5, 0.6) is 0 Å². The van der Waals surface area contributed by atoms with Gasteiger partial charge in [0.25, 0.3) is 0 Å². The van der Waals surface area contributed by atoms with E-state index in [1.54, 1.807) is 0 Å². The first-order chi connectivity index (χ1) is 1.73. The standard InChI is InChI=1S/4FH.H3N.Sb/h4*1H;1H3;/q;;;;;+3/p-3. The molecular formula is H4F4NSb. The molecule has 0 saturated carbocycles. The molecule has 0 amide bonds. The Kier molecular flexibility index (Phi) is 24.3. The van der Waals surface area contributed by atoms with Gasteiger partial charge in [-0.05, 0) is 0 Å². The molecule has 0 fully saturated rings. The maximum absolute atomic E-state index is 9.85. The van der Waals surface area contributed by atoms with Crippen LogP contribution in [0.4, 0.5) is 13.1 Å². The summed E-state index contributed by atoms with van der Waals surface area (Å²) in [7, 11) is 0. The third-order valence-corrected chi connectivity index (χ3v) is 0. The summed E-state index contributed by atoms with van der Waals surface area (Å²) in [5, 5.41) is 0. The average Bonchev–Trinajstić information content (AvgIpc) is 0.811. The van der Waals surface area contributed by atoms with Gasteiger partial charge in [-0.2, -0.15) is 0 Å². The zero-order chi connectivity index (χ0) is 3.58. The Balaban J connectivity index is -0.0000000450. The van der Waals surface area contributed by atoms with Gasteiger partial charge in [-0.15, -0.1) is 0 Å². The summed E-state index contributed by atoms with van der Waals surface area (Å²) in [6.45, 7) is 0. The second kappa shape index (κ2) is 9.09. The van der Waals surface area contributed by atoms with E-state index in [2.05, 4.69) is 0 Å². The van der Waals surface area contributed by atoms with Crippen molar-refractivity contribution >= 4 is 22.0 Å². The molecule has 0 saturated heterocycles. The molecule has 0 heterocycles. The fourth-order valence-corrected chi connectivity index (χ4v) is 0. The number of rotatable bonds is 0. The van der Waals surface area contributed by atoms with E-state index >= 15 is 0 Å². The molecule has 42 valence electrons. The normalized spacial score (nSPS) is 6.00. The van der Waals surface area contributed by atoms with Crippen LogP contribution in [0.15, 0.2) is 0 Å². The Labute approximate surface area is 41.8 Å². The zero-order valence-corrected chi connectivity index (χ0v) is 5.25. The van der Waals surface area contributed by atoms with Crippen molar-refractivity contribution in [3.05, 3.63) is 0 Å². The average molecular weight is 216 g/mol. The molecule has 0 aliphatic rings. The molecule has 0 aliphatic carbocycles. The van der Waals surface area contributed by atoms with Crippen LogP contribution < -0.4 is 6.15 Å².